The van der Waals surface area contributed by atoms with Gasteiger partial charge in [-0.25, -0.2) is 0 Å². The van der Waals surface area contributed by atoms with Gasteiger partial charge in [-0.3, -0.25) is 28.9 Å². The highest BCUT2D eigenvalue weighted by molar-refractivity contribution is 6.21. The van der Waals surface area contributed by atoms with Crippen molar-refractivity contribution in [2.45, 2.75) is 51.0 Å². The van der Waals surface area contributed by atoms with Crippen LogP contribution in [0.3, 0.4) is 0 Å². The fraction of sp³-hybridized carbons (Fsp3) is 0.522. The van der Waals surface area contributed by atoms with Gasteiger partial charge in [0.05, 0.1) is 24.1 Å². The molecule has 9 nitrogen and oxygen atoms in total. The van der Waals surface area contributed by atoms with E-state index >= 15 is 0 Å². The standard InChI is InChI=1S/C23H29N3O6/c1-24-19(27)10-11-21(29)32-16-12-14-25(15-16)20(28)9-3-2-6-13-26-22(30)17-7-4-5-8-18(17)23(26)31/h4-5,7-8,16H,2-3,6,9-15H2,1H3,(H,24,27)/t16-/m1/s1. The Hall–Kier alpha value is -3.23. The first-order chi connectivity index (χ1) is 15.4. The number of esters is 1. The smallest absolute Gasteiger partial charge is 0.306 e. The van der Waals surface area contributed by atoms with Crippen molar-refractivity contribution in [1.82, 2.24) is 15.1 Å². The van der Waals surface area contributed by atoms with Crippen LogP contribution >= 0.6 is 0 Å². The Morgan fingerprint density at radius 2 is 1.69 bits per heavy atom. The van der Waals surface area contributed by atoms with Crippen molar-refractivity contribution in [2.75, 3.05) is 26.7 Å². The number of ether oxygens (including phenoxy) is 1. The molecule has 2 aliphatic heterocycles. The average Bonchev–Trinajstić information content (AvgIpc) is 3.35. The van der Waals surface area contributed by atoms with E-state index in [1.54, 1.807) is 29.2 Å². The molecule has 172 valence electrons. The fourth-order valence-electron chi connectivity index (χ4n) is 3.96. The van der Waals surface area contributed by atoms with Crippen LogP contribution in [0.15, 0.2) is 24.3 Å². The summed E-state index contributed by atoms with van der Waals surface area (Å²) < 4.78 is 5.35. The SMILES string of the molecule is CNC(=O)CCC(=O)O[C@@H]1CCN(C(=O)CCCCCN2C(=O)c3ccccc3C2=O)C1. The normalized spacial score (nSPS) is 17.5. The second-order valence-electron chi connectivity index (χ2n) is 8.03. The molecule has 3 rings (SSSR count). The first-order valence-corrected chi connectivity index (χ1v) is 11.0. The van der Waals surface area contributed by atoms with Crippen LogP contribution in [0, 0.1) is 0 Å². The summed E-state index contributed by atoms with van der Waals surface area (Å²) >= 11 is 0. The predicted octanol–water partition coefficient (Wildman–Crippen LogP) is 1.51. The largest absolute Gasteiger partial charge is 0.460 e. The van der Waals surface area contributed by atoms with E-state index in [9.17, 15) is 24.0 Å². The average molecular weight is 444 g/mol. The van der Waals surface area contributed by atoms with Gasteiger partial charge in [-0.2, -0.15) is 0 Å². The molecule has 1 aromatic rings. The zero-order valence-electron chi connectivity index (χ0n) is 18.3. The second kappa shape index (κ2) is 10.9. The molecule has 1 aromatic carbocycles. The van der Waals surface area contributed by atoms with Gasteiger partial charge >= 0.3 is 5.97 Å². The van der Waals surface area contributed by atoms with Crippen molar-refractivity contribution < 1.29 is 28.7 Å². The molecule has 1 N–H and O–H groups in total. The number of fused-ring (bicyclic) bond motifs is 1. The van der Waals surface area contributed by atoms with Gasteiger partial charge in [0.1, 0.15) is 6.10 Å². The summed E-state index contributed by atoms with van der Waals surface area (Å²) in [6, 6.07) is 6.81. The van der Waals surface area contributed by atoms with Crippen LogP contribution in [-0.2, 0) is 19.1 Å². The minimum Gasteiger partial charge on any atom is -0.460 e. The molecule has 2 heterocycles. The minimum absolute atomic E-state index is 0.00893. The minimum atomic E-state index is -0.430. The highest BCUT2D eigenvalue weighted by Crippen LogP contribution is 2.23. The molecule has 0 bridgehead atoms. The molecule has 0 aromatic heterocycles. The lowest BCUT2D eigenvalue weighted by atomic mass is 10.1. The highest BCUT2D eigenvalue weighted by atomic mass is 16.5. The number of unbranched alkanes of at least 4 members (excludes halogenated alkanes) is 2. The van der Waals surface area contributed by atoms with E-state index in [0.717, 1.165) is 6.42 Å². The Balaban J connectivity index is 1.31. The molecular weight excluding hydrogens is 414 g/mol. The van der Waals surface area contributed by atoms with Gasteiger partial charge in [0.15, 0.2) is 0 Å². The maximum absolute atomic E-state index is 12.4. The molecule has 0 saturated carbocycles. The molecule has 1 atom stereocenters. The maximum Gasteiger partial charge on any atom is 0.306 e. The quantitative estimate of drug-likeness (QED) is 0.333. The molecule has 4 amide bonds. The van der Waals surface area contributed by atoms with Crippen LogP contribution in [-0.4, -0.2) is 72.2 Å². The lowest BCUT2D eigenvalue weighted by Gasteiger charge is -2.17. The molecule has 32 heavy (non-hydrogen) atoms. The van der Waals surface area contributed by atoms with Crippen LogP contribution in [0.25, 0.3) is 0 Å². The monoisotopic (exact) mass is 443 g/mol. The van der Waals surface area contributed by atoms with E-state index in [-0.39, 0.29) is 42.6 Å². The van der Waals surface area contributed by atoms with Crippen molar-refractivity contribution in [2.24, 2.45) is 0 Å². The van der Waals surface area contributed by atoms with E-state index in [2.05, 4.69) is 5.32 Å². The molecule has 0 unspecified atom stereocenters. The van der Waals surface area contributed by atoms with Crippen molar-refractivity contribution >= 4 is 29.6 Å². The number of imide groups is 1. The van der Waals surface area contributed by atoms with Crippen LogP contribution in [0.4, 0.5) is 0 Å². The van der Waals surface area contributed by atoms with Crippen molar-refractivity contribution in [3.8, 4) is 0 Å². The topological polar surface area (TPSA) is 113 Å². The van der Waals surface area contributed by atoms with Gasteiger partial charge in [-0.15, -0.1) is 0 Å². The number of carbonyl (C=O) groups excluding carboxylic acids is 5. The van der Waals surface area contributed by atoms with Crippen molar-refractivity contribution in [3.05, 3.63) is 35.4 Å². The molecule has 9 heteroatoms. The van der Waals surface area contributed by atoms with E-state index in [0.29, 0.717) is 56.4 Å². The molecule has 1 saturated heterocycles. The number of amides is 4. The zero-order chi connectivity index (χ0) is 23.1. The second-order valence-corrected chi connectivity index (χ2v) is 8.03. The van der Waals surface area contributed by atoms with E-state index in [1.165, 1.54) is 11.9 Å². The van der Waals surface area contributed by atoms with Crippen LogP contribution in [0.1, 0.15) is 65.7 Å². The Morgan fingerprint density at radius 1 is 1.00 bits per heavy atom. The third-order valence-electron chi connectivity index (χ3n) is 5.78. The lowest BCUT2D eigenvalue weighted by molar-refractivity contribution is -0.150. The highest BCUT2D eigenvalue weighted by Gasteiger charge is 2.34. The molecule has 0 spiro atoms. The number of hydrogen-bond acceptors (Lipinski definition) is 6. The van der Waals surface area contributed by atoms with E-state index in [4.69, 9.17) is 4.74 Å². The number of hydrogen-bond donors (Lipinski definition) is 1. The van der Waals surface area contributed by atoms with Crippen LogP contribution in [0.2, 0.25) is 0 Å². The predicted molar refractivity (Wildman–Crippen MR) is 115 cm³/mol. The Morgan fingerprint density at radius 3 is 2.34 bits per heavy atom. The summed E-state index contributed by atoms with van der Waals surface area (Å²) in [7, 11) is 1.51. The fourth-order valence-corrected chi connectivity index (χ4v) is 3.96. The summed E-state index contributed by atoms with van der Waals surface area (Å²) in [6.45, 7) is 1.26. The third kappa shape index (κ3) is 5.72. The first-order valence-electron chi connectivity index (χ1n) is 11.0. The summed E-state index contributed by atoms with van der Waals surface area (Å²) in [5.74, 6) is -1.15. The van der Waals surface area contributed by atoms with Gasteiger partial charge in [0.25, 0.3) is 11.8 Å². The number of benzene rings is 1. The molecule has 0 radical (unpaired) electrons. The summed E-state index contributed by atoms with van der Waals surface area (Å²) in [6.07, 6.45) is 2.79. The Bertz CT molecular complexity index is 864. The van der Waals surface area contributed by atoms with Gasteiger partial charge in [-0.1, -0.05) is 18.6 Å². The number of nitrogens with zero attached hydrogens (tertiary/aromatic N) is 2. The number of rotatable bonds is 10. The summed E-state index contributed by atoms with van der Waals surface area (Å²) in [5.41, 5.74) is 0.899. The van der Waals surface area contributed by atoms with Crippen LogP contribution < -0.4 is 5.32 Å². The molecular formula is C23H29N3O6. The maximum atomic E-state index is 12.4. The number of likely N-dealkylation sites (tertiary alicyclic amines) is 1. The van der Waals surface area contributed by atoms with Crippen LogP contribution in [0.5, 0.6) is 0 Å². The summed E-state index contributed by atoms with van der Waals surface area (Å²) in [5, 5.41) is 2.45. The van der Waals surface area contributed by atoms with Crippen molar-refractivity contribution in [1.29, 1.82) is 0 Å². The first kappa shape index (κ1) is 23.4. The Labute approximate surface area is 187 Å². The molecule has 1 fully saturated rings. The molecule has 2 aliphatic rings. The third-order valence-corrected chi connectivity index (χ3v) is 5.78. The zero-order valence-corrected chi connectivity index (χ0v) is 18.3. The van der Waals surface area contributed by atoms with E-state index < -0.39 is 5.97 Å². The number of nitrogens with one attached hydrogen (secondary N) is 1. The van der Waals surface area contributed by atoms with Gasteiger partial charge in [0.2, 0.25) is 11.8 Å². The van der Waals surface area contributed by atoms with Crippen molar-refractivity contribution in [3.63, 3.8) is 0 Å². The van der Waals surface area contributed by atoms with Gasteiger partial charge in [-0.05, 0) is 25.0 Å². The summed E-state index contributed by atoms with van der Waals surface area (Å²) in [4.78, 5) is 63.1. The lowest BCUT2D eigenvalue weighted by Crippen LogP contribution is -2.31. The molecule has 0 aliphatic carbocycles. The number of carbonyl (C=O) groups is 5. The van der Waals surface area contributed by atoms with E-state index in [1.807, 2.05) is 0 Å². The Kier molecular flexibility index (Phi) is 7.97. The van der Waals surface area contributed by atoms with Gasteiger partial charge < -0.3 is 15.0 Å². The van der Waals surface area contributed by atoms with Gasteiger partial charge in [0, 0.05) is 39.4 Å².